The first kappa shape index (κ1) is 13.6. The van der Waals surface area contributed by atoms with E-state index in [0.29, 0.717) is 0 Å². The molecule has 0 aliphatic carbocycles. The van der Waals surface area contributed by atoms with Crippen molar-refractivity contribution in [1.82, 2.24) is 4.98 Å². The first-order valence-corrected chi connectivity index (χ1v) is 6.94. The first-order chi connectivity index (χ1) is 10.2. The number of methoxy groups -OCH3 is 1. The summed E-state index contributed by atoms with van der Waals surface area (Å²) < 4.78 is 5.37. The Bertz CT molecular complexity index is 783. The lowest BCUT2D eigenvalue weighted by atomic mass is 9.98. The molecule has 0 amide bonds. The minimum absolute atomic E-state index is 0.211. The molecule has 0 saturated heterocycles. The van der Waals surface area contributed by atoms with E-state index in [1.165, 1.54) is 0 Å². The molecule has 3 aromatic rings. The minimum atomic E-state index is -0.211. The van der Waals surface area contributed by atoms with Gasteiger partial charge < -0.3 is 10.5 Å². The minimum Gasteiger partial charge on any atom is -0.496 e. The SMILES string of the molecule is COc1cc(C(N)c2cnc3ccccc3c2)ccc1C. The molecule has 0 saturated carbocycles. The highest BCUT2D eigenvalue weighted by atomic mass is 16.5. The molecule has 0 aliphatic rings. The Morgan fingerprint density at radius 1 is 1.05 bits per heavy atom. The molecule has 2 N–H and O–H groups in total. The van der Waals surface area contributed by atoms with Crippen molar-refractivity contribution in [3.8, 4) is 5.75 Å². The van der Waals surface area contributed by atoms with Crippen LogP contribution in [-0.4, -0.2) is 12.1 Å². The second-order valence-corrected chi connectivity index (χ2v) is 5.17. The van der Waals surface area contributed by atoms with E-state index in [1.807, 2.05) is 55.6 Å². The van der Waals surface area contributed by atoms with Crippen LogP contribution in [0.25, 0.3) is 10.9 Å². The number of aryl methyl sites for hydroxylation is 1. The topological polar surface area (TPSA) is 48.1 Å². The maximum atomic E-state index is 6.39. The predicted octanol–water partition coefficient (Wildman–Crippen LogP) is 3.60. The molecule has 0 aliphatic heterocycles. The average Bonchev–Trinajstić information content (AvgIpc) is 2.54. The number of benzene rings is 2. The van der Waals surface area contributed by atoms with Gasteiger partial charge >= 0.3 is 0 Å². The summed E-state index contributed by atoms with van der Waals surface area (Å²) in [5.74, 6) is 0.858. The molecule has 3 nitrogen and oxygen atoms in total. The molecule has 1 unspecified atom stereocenters. The summed E-state index contributed by atoms with van der Waals surface area (Å²) in [6, 6.07) is 16.0. The van der Waals surface area contributed by atoms with Crippen molar-refractivity contribution in [1.29, 1.82) is 0 Å². The van der Waals surface area contributed by atoms with Crippen molar-refractivity contribution < 1.29 is 4.74 Å². The molecule has 0 bridgehead atoms. The summed E-state index contributed by atoms with van der Waals surface area (Å²) >= 11 is 0. The number of para-hydroxylation sites is 1. The fraction of sp³-hybridized carbons (Fsp3) is 0.167. The van der Waals surface area contributed by atoms with Crippen LogP contribution in [0.1, 0.15) is 22.7 Å². The van der Waals surface area contributed by atoms with Crippen LogP contribution in [0.4, 0.5) is 0 Å². The highest BCUT2D eigenvalue weighted by Crippen LogP contribution is 2.27. The van der Waals surface area contributed by atoms with Crippen molar-refractivity contribution in [3.63, 3.8) is 0 Å². The van der Waals surface area contributed by atoms with Crippen LogP contribution in [0.2, 0.25) is 0 Å². The number of nitrogens with zero attached hydrogens (tertiary/aromatic N) is 1. The van der Waals surface area contributed by atoms with Gasteiger partial charge in [0, 0.05) is 11.6 Å². The molecule has 0 spiro atoms. The average molecular weight is 278 g/mol. The molecule has 3 heteroatoms. The fourth-order valence-corrected chi connectivity index (χ4v) is 2.48. The molecule has 2 aromatic carbocycles. The maximum absolute atomic E-state index is 6.39. The standard InChI is InChI=1S/C18H18N2O/c1-12-7-8-14(10-17(12)21-2)18(19)15-9-13-5-3-4-6-16(13)20-11-15/h3-11,18H,19H2,1-2H3. The Balaban J connectivity index is 2.01. The first-order valence-electron chi connectivity index (χ1n) is 6.94. The molecule has 0 fully saturated rings. The van der Waals surface area contributed by atoms with Gasteiger partial charge in [-0.15, -0.1) is 0 Å². The number of pyridine rings is 1. The Labute approximate surface area is 124 Å². The summed E-state index contributed by atoms with van der Waals surface area (Å²) in [6.45, 7) is 2.02. The quantitative estimate of drug-likeness (QED) is 0.796. The zero-order chi connectivity index (χ0) is 14.8. The second kappa shape index (κ2) is 5.54. The van der Waals surface area contributed by atoms with Gasteiger partial charge in [-0.25, -0.2) is 0 Å². The van der Waals surface area contributed by atoms with Crippen molar-refractivity contribution in [2.45, 2.75) is 13.0 Å². The molecular formula is C18H18N2O. The zero-order valence-electron chi connectivity index (χ0n) is 12.2. The molecule has 1 aromatic heterocycles. The van der Waals surface area contributed by atoms with Crippen molar-refractivity contribution >= 4 is 10.9 Å². The third-order valence-corrected chi connectivity index (χ3v) is 3.76. The van der Waals surface area contributed by atoms with E-state index in [-0.39, 0.29) is 6.04 Å². The van der Waals surface area contributed by atoms with E-state index < -0.39 is 0 Å². The lowest BCUT2D eigenvalue weighted by molar-refractivity contribution is 0.411. The van der Waals surface area contributed by atoms with Gasteiger partial charge in [-0.3, -0.25) is 4.98 Å². The molecule has 3 rings (SSSR count). The summed E-state index contributed by atoms with van der Waals surface area (Å²) in [4.78, 5) is 4.48. The lowest BCUT2D eigenvalue weighted by Gasteiger charge is -2.15. The summed E-state index contributed by atoms with van der Waals surface area (Å²) in [6.07, 6.45) is 1.85. The molecular weight excluding hydrogens is 260 g/mol. The Morgan fingerprint density at radius 2 is 1.86 bits per heavy atom. The van der Waals surface area contributed by atoms with Gasteiger partial charge in [0.2, 0.25) is 0 Å². The number of nitrogens with two attached hydrogens (primary N) is 1. The second-order valence-electron chi connectivity index (χ2n) is 5.17. The number of hydrogen-bond donors (Lipinski definition) is 1. The van der Waals surface area contributed by atoms with Crippen LogP contribution in [0, 0.1) is 6.92 Å². The van der Waals surface area contributed by atoms with Crippen LogP contribution in [-0.2, 0) is 0 Å². The number of fused-ring (bicyclic) bond motifs is 1. The van der Waals surface area contributed by atoms with Crippen LogP contribution < -0.4 is 10.5 Å². The van der Waals surface area contributed by atoms with Crippen LogP contribution >= 0.6 is 0 Å². The smallest absolute Gasteiger partial charge is 0.122 e. The van der Waals surface area contributed by atoms with Gasteiger partial charge in [-0.05, 0) is 41.8 Å². The van der Waals surface area contributed by atoms with Crippen LogP contribution in [0.5, 0.6) is 5.75 Å². The molecule has 0 radical (unpaired) electrons. The Hall–Kier alpha value is -2.39. The van der Waals surface area contributed by atoms with Gasteiger partial charge in [0.15, 0.2) is 0 Å². The highest BCUT2D eigenvalue weighted by Gasteiger charge is 2.12. The fourth-order valence-electron chi connectivity index (χ4n) is 2.48. The number of rotatable bonds is 3. The summed E-state index contributed by atoms with van der Waals surface area (Å²) in [5, 5.41) is 1.10. The van der Waals surface area contributed by atoms with Crippen molar-refractivity contribution in [2.24, 2.45) is 5.73 Å². The normalized spacial score (nSPS) is 12.3. The monoisotopic (exact) mass is 278 g/mol. The number of ether oxygens (including phenoxy) is 1. The van der Waals surface area contributed by atoms with Crippen molar-refractivity contribution in [3.05, 3.63) is 71.4 Å². The van der Waals surface area contributed by atoms with E-state index in [4.69, 9.17) is 10.5 Å². The predicted molar refractivity (Wildman–Crippen MR) is 85.5 cm³/mol. The van der Waals surface area contributed by atoms with E-state index in [1.54, 1.807) is 7.11 Å². The summed E-state index contributed by atoms with van der Waals surface area (Å²) in [7, 11) is 1.68. The molecule has 1 atom stereocenters. The van der Waals surface area contributed by atoms with Gasteiger partial charge in [0.05, 0.1) is 18.7 Å². The van der Waals surface area contributed by atoms with E-state index in [0.717, 1.165) is 33.3 Å². The molecule has 1 heterocycles. The van der Waals surface area contributed by atoms with E-state index in [9.17, 15) is 0 Å². The third-order valence-electron chi connectivity index (χ3n) is 3.76. The largest absolute Gasteiger partial charge is 0.496 e. The number of aromatic nitrogens is 1. The highest BCUT2D eigenvalue weighted by molar-refractivity contribution is 5.79. The van der Waals surface area contributed by atoms with Gasteiger partial charge in [0.1, 0.15) is 5.75 Å². The van der Waals surface area contributed by atoms with Crippen LogP contribution in [0.3, 0.4) is 0 Å². The van der Waals surface area contributed by atoms with Gasteiger partial charge in [-0.1, -0.05) is 30.3 Å². The maximum Gasteiger partial charge on any atom is 0.122 e. The van der Waals surface area contributed by atoms with Gasteiger partial charge in [-0.2, -0.15) is 0 Å². The molecule has 106 valence electrons. The van der Waals surface area contributed by atoms with Crippen LogP contribution in [0.15, 0.2) is 54.7 Å². The zero-order valence-corrected chi connectivity index (χ0v) is 12.2. The Morgan fingerprint density at radius 3 is 2.67 bits per heavy atom. The lowest BCUT2D eigenvalue weighted by Crippen LogP contribution is -2.12. The van der Waals surface area contributed by atoms with E-state index >= 15 is 0 Å². The Kier molecular flexibility index (Phi) is 3.59. The molecule has 21 heavy (non-hydrogen) atoms. The van der Waals surface area contributed by atoms with Crippen molar-refractivity contribution in [2.75, 3.05) is 7.11 Å². The number of hydrogen-bond acceptors (Lipinski definition) is 3. The summed E-state index contributed by atoms with van der Waals surface area (Å²) in [5.41, 5.74) is 10.5. The van der Waals surface area contributed by atoms with Gasteiger partial charge in [0.25, 0.3) is 0 Å². The third kappa shape index (κ3) is 2.60. The van der Waals surface area contributed by atoms with E-state index in [2.05, 4.69) is 11.1 Å².